The number of ketones is 2. The number of carbonyl (C=O) groups is 3. The predicted molar refractivity (Wildman–Crippen MR) is 125 cm³/mol. The Kier molecular flexibility index (Phi) is 4.95. The standard InChI is InChI=1S/C28H36O6/c1-15(29)34-23-13-20-26(4)9-7-21(31)25(2,3)19(26)12-22(32)28(20,6)24-18(30)11-17(27(23,24)5)16-8-10-33-14-16/h7-10,14,17,19-20,22-24,32H,11-13H2,1-6H3. The SMILES string of the molecule is CC(=O)OC1CC2C3(C)C=CC(=O)C(C)(C)C3CC(O)C2(C)C2C(=O)CC(c3ccoc3)C12C. The van der Waals surface area contributed by atoms with Gasteiger partial charge in [0.25, 0.3) is 0 Å². The number of fused-ring (bicyclic) bond motifs is 5. The number of Topliss-reactive ketones (excluding diaryl/α,β-unsaturated/α-hetero) is 1. The number of furan rings is 1. The Bertz CT molecular complexity index is 1070. The van der Waals surface area contributed by atoms with E-state index in [4.69, 9.17) is 9.15 Å². The van der Waals surface area contributed by atoms with Gasteiger partial charge < -0.3 is 14.3 Å². The average molecular weight is 469 g/mol. The van der Waals surface area contributed by atoms with Gasteiger partial charge in [0.15, 0.2) is 5.78 Å². The fourth-order valence-corrected chi connectivity index (χ4v) is 9.03. The molecule has 1 N–H and O–H groups in total. The summed E-state index contributed by atoms with van der Waals surface area (Å²) in [6.45, 7) is 11.6. The molecule has 184 valence electrons. The smallest absolute Gasteiger partial charge is 0.302 e. The lowest BCUT2D eigenvalue weighted by molar-refractivity contribution is -0.238. The van der Waals surface area contributed by atoms with Crippen LogP contribution in [0.5, 0.6) is 0 Å². The number of hydrogen-bond donors (Lipinski definition) is 1. The number of aliphatic hydroxyl groups excluding tert-OH is 1. The molecule has 3 saturated carbocycles. The molecule has 0 saturated heterocycles. The summed E-state index contributed by atoms with van der Waals surface area (Å²) in [5, 5.41) is 11.8. The topological polar surface area (TPSA) is 93.8 Å². The van der Waals surface area contributed by atoms with Crippen molar-refractivity contribution in [2.45, 2.75) is 78.9 Å². The average Bonchev–Trinajstić information content (AvgIpc) is 3.36. The first-order valence-electron chi connectivity index (χ1n) is 12.4. The van der Waals surface area contributed by atoms with Crippen molar-refractivity contribution in [2.24, 2.45) is 39.4 Å². The van der Waals surface area contributed by atoms with Crippen LogP contribution in [-0.2, 0) is 19.1 Å². The molecular weight excluding hydrogens is 432 g/mol. The Morgan fingerprint density at radius 3 is 2.41 bits per heavy atom. The van der Waals surface area contributed by atoms with Crippen molar-refractivity contribution < 1.29 is 28.6 Å². The molecule has 6 heteroatoms. The molecule has 6 nitrogen and oxygen atoms in total. The number of allylic oxidation sites excluding steroid dienone is 2. The van der Waals surface area contributed by atoms with E-state index in [-0.39, 0.29) is 35.3 Å². The number of esters is 1. The van der Waals surface area contributed by atoms with Gasteiger partial charge in [-0.15, -0.1) is 0 Å². The molecule has 9 atom stereocenters. The summed E-state index contributed by atoms with van der Waals surface area (Å²) in [5.41, 5.74) is -1.50. The van der Waals surface area contributed by atoms with Gasteiger partial charge in [0, 0.05) is 41.4 Å². The molecule has 4 aliphatic carbocycles. The predicted octanol–water partition coefficient (Wildman–Crippen LogP) is 4.47. The van der Waals surface area contributed by atoms with Crippen molar-refractivity contribution in [1.29, 1.82) is 0 Å². The van der Waals surface area contributed by atoms with Gasteiger partial charge in [-0.25, -0.2) is 0 Å². The van der Waals surface area contributed by atoms with E-state index in [0.29, 0.717) is 19.3 Å². The quantitative estimate of drug-likeness (QED) is 0.644. The van der Waals surface area contributed by atoms with Gasteiger partial charge in [0.1, 0.15) is 11.9 Å². The molecule has 1 aromatic rings. The first-order chi connectivity index (χ1) is 15.8. The van der Waals surface area contributed by atoms with E-state index in [1.807, 2.05) is 26.0 Å². The molecule has 0 aromatic carbocycles. The van der Waals surface area contributed by atoms with Crippen molar-refractivity contribution in [2.75, 3.05) is 0 Å². The van der Waals surface area contributed by atoms with Gasteiger partial charge in [-0.3, -0.25) is 14.4 Å². The van der Waals surface area contributed by atoms with Gasteiger partial charge in [-0.05, 0) is 47.8 Å². The Morgan fingerprint density at radius 2 is 1.79 bits per heavy atom. The molecular formula is C28H36O6. The number of rotatable bonds is 2. The van der Waals surface area contributed by atoms with Crippen molar-refractivity contribution in [3.8, 4) is 0 Å². The largest absolute Gasteiger partial charge is 0.472 e. The molecule has 0 bridgehead atoms. The van der Waals surface area contributed by atoms with Crippen LogP contribution in [0, 0.1) is 39.4 Å². The van der Waals surface area contributed by atoms with E-state index in [0.717, 1.165) is 5.56 Å². The minimum atomic E-state index is -0.746. The summed E-state index contributed by atoms with van der Waals surface area (Å²) in [5.74, 6) is -1.05. The highest BCUT2D eigenvalue weighted by atomic mass is 16.5. The molecule has 1 heterocycles. The van der Waals surface area contributed by atoms with Crippen LogP contribution in [0.4, 0.5) is 0 Å². The summed E-state index contributed by atoms with van der Waals surface area (Å²) in [4.78, 5) is 39.0. The Morgan fingerprint density at radius 1 is 1.09 bits per heavy atom. The first kappa shape index (κ1) is 23.5. The van der Waals surface area contributed by atoms with Crippen LogP contribution < -0.4 is 0 Å². The fraction of sp³-hybridized carbons (Fsp3) is 0.679. The van der Waals surface area contributed by atoms with Crippen LogP contribution in [0.25, 0.3) is 0 Å². The van der Waals surface area contributed by atoms with Crippen LogP contribution in [0.3, 0.4) is 0 Å². The molecule has 4 aliphatic rings. The number of carbonyl (C=O) groups excluding carboxylic acids is 3. The maximum Gasteiger partial charge on any atom is 0.302 e. The zero-order valence-electron chi connectivity index (χ0n) is 21.0. The summed E-state index contributed by atoms with van der Waals surface area (Å²) in [7, 11) is 0. The lowest BCUT2D eigenvalue weighted by Gasteiger charge is -2.68. The Balaban J connectivity index is 1.70. The number of ether oxygens (including phenoxy) is 1. The van der Waals surface area contributed by atoms with Crippen molar-refractivity contribution in [3.05, 3.63) is 36.3 Å². The molecule has 34 heavy (non-hydrogen) atoms. The summed E-state index contributed by atoms with van der Waals surface area (Å²) in [6.07, 6.45) is 7.07. The Hall–Kier alpha value is -2.21. The lowest BCUT2D eigenvalue weighted by atomic mass is 9.36. The molecule has 3 fully saturated rings. The third-order valence-corrected chi connectivity index (χ3v) is 10.6. The summed E-state index contributed by atoms with van der Waals surface area (Å²) >= 11 is 0. The monoisotopic (exact) mass is 468 g/mol. The zero-order chi connectivity index (χ0) is 24.8. The van der Waals surface area contributed by atoms with Crippen molar-refractivity contribution >= 4 is 17.5 Å². The highest BCUT2D eigenvalue weighted by Gasteiger charge is 2.74. The fourth-order valence-electron chi connectivity index (χ4n) is 9.03. The van der Waals surface area contributed by atoms with Crippen LogP contribution in [0.1, 0.15) is 72.3 Å². The molecule has 5 rings (SSSR count). The van der Waals surface area contributed by atoms with Crippen LogP contribution in [-0.4, -0.2) is 34.9 Å². The number of hydrogen-bond acceptors (Lipinski definition) is 6. The van der Waals surface area contributed by atoms with Crippen LogP contribution >= 0.6 is 0 Å². The third-order valence-electron chi connectivity index (χ3n) is 10.6. The molecule has 1 aromatic heterocycles. The van der Waals surface area contributed by atoms with E-state index in [9.17, 15) is 19.5 Å². The zero-order valence-corrected chi connectivity index (χ0v) is 21.0. The van der Waals surface area contributed by atoms with Crippen LogP contribution in [0.15, 0.2) is 35.2 Å². The maximum absolute atomic E-state index is 13.8. The van der Waals surface area contributed by atoms with E-state index in [1.165, 1.54) is 6.92 Å². The minimum absolute atomic E-state index is 0.0694. The van der Waals surface area contributed by atoms with E-state index >= 15 is 0 Å². The highest BCUT2D eigenvalue weighted by Crippen LogP contribution is 2.73. The summed E-state index contributed by atoms with van der Waals surface area (Å²) in [6, 6.07) is 1.89. The van der Waals surface area contributed by atoms with Gasteiger partial charge in [0.05, 0.1) is 18.6 Å². The van der Waals surface area contributed by atoms with Gasteiger partial charge >= 0.3 is 5.97 Å². The van der Waals surface area contributed by atoms with Crippen LogP contribution in [0.2, 0.25) is 0 Å². The first-order valence-corrected chi connectivity index (χ1v) is 12.4. The molecule has 0 spiro atoms. The molecule has 0 aliphatic heterocycles. The molecule has 0 radical (unpaired) electrons. The van der Waals surface area contributed by atoms with E-state index < -0.39 is 39.8 Å². The van der Waals surface area contributed by atoms with E-state index in [2.05, 4.69) is 20.8 Å². The van der Waals surface area contributed by atoms with E-state index in [1.54, 1.807) is 18.6 Å². The molecule has 0 amide bonds. The molecule has 9 unspecified atom stereocenters. The normalized spacial score (nSPS) is 47.0. The van der Waals surface area contributed by atoms with Gasteiger partial charge in [-0.2, -0.15) is 0 Å². The van der Waals surface area contributed by atoms with Gasteiger partial charge in [0.2, 0.25) is 0 Å². The minimum Gasteiger partial charge on any atom is -0.472 e. The van der Waals surface area contributed by atoms with Crippen molar-refractivity contribution in [3.63, 3.8) is 0 Å². The lowest BCUT2D eigenvalue weighted by Crippen LogP contribution is -2.69. The third kappa shape index (κ3) is 2.75. The Labute approximate surface area is 201 Å². The highest BCUT2D eigenvalue weighted by molar-refractivity contribution is 5.96. The van der Waals surface area contributed by atoms with Gasteiger partial charge in [-0.1, -0.05) is 40.7 Å². The maximum atomic E-state index is 13.8. The second-order valence-electron chi connectivity index (χ2n) is 12.4. The second kappa shape index (κ2) is 7.16. The second-order valence-corrected chi connectivity index (χ2v) is 12.4. The summed E-state index contributed by atoms with van der Waals surface area (Å²) < 4.78 is 11.4. The van der Waals surface area contributed by atoms with Crippen molar-refractivity contribution in [1.82, 2.24) is 0 Å². The number of aliphatic hydroxyl groups is 1.